The number of thiophene rings is 1. The molecule has 1 saturated carbocycles. The fourth-order valence-corrected chi connectivity index (χ4v) is 2.93. The quantitative estimate of drug-likeness (QED) is 0.880. The van der Waals surface area contributed by atoms with E-state index in [0.29, 0.717) is 6.04 Å². The zero-order valence-corrected chi connectivity index (χ0v) is 10.4. The Labute approximate surface area is 105 Å². The molecule has 0 aromatic carbocycles. The summed E-state index contributed by atoms with van der Waals surface area (Å²) in [5.41, 5.74) is 1.06. The second-order valence-electron chi connectivity index (χ2n) is 4.41. The van der Waals surface area contributed by atoms with E-state index in [2.05, 4.69) is 32.8 Å². The summed E-state index contributed by atoms with van der Waals surface area (Å²) in [5.74, 6) is 0.815. The van der Waals surface area contributed by atoms with Crippen LogP contribution in [0.25, 0.3) is 0 Å². The molecule has 2 heterocycles. The van der Waals surface area contributed by atoms with E-state index in [-0.39, 0.29) is 0 Å². The van der Waals surface area contributed by atoms with Crippen LogP contribution in [0.15, 0.2) is 36.1 Å². The average molecular weight is 245 g/mol. The predicted molar refractivity (Wildman–Crippen MR) is 68.7 cm³/mol. The number of aromatic nitrogens is 2. The maximum atomic E-state index is 4.24. The Balaban J connectivity index is 1.66. The second-order valence-corrected chi connectivity index (χ2v) is 5.39. The van der Waals surface area contributed by atoms with Gasteiger partial charge in [-0.2, -0.15) is 0 Å². The number of hydrogen-bond acceptors (Lipinski definition) is 4. The Kier molecular flexibility index (Phi) is 3.16. The monoisotopic (exact) mass is 245 g/mol. The lowest BCUT2D eigenvalue weighted by Crippen LogP contribution is -2.22. The zero-order chi connectivity index (χ0) is 11.5. The van der Waals surface area contributed by atoms with Crippen molar-refractivity contribution in [1.82, 2.24) is 15.3 Å². The predicted octanol–water partition coefficient (Wildman–Crippen LogP) is 2.78. The molecule has 1 N–H and O–H groups in total. The van der Waals surface area contributed by atoms with Crippen molar-refractivity contribution in [3.05, 3.63) is 46.7 Å². The molecule has 3 rings (SSSR count). The number of nitrogens with zero attached hydrogens (tertiary/aromatic N) is 2. The van der Waals surface area contributed by atoms with Crippen molar-refractivity contribution in [1.29, 1.82) is 0 Å². The molecular weight excluding hydrogens is 230 g/mol. The molecule has 0 aliphatic heterocycles. The van der Waals surface area contributed by atoms with E-state index in [1.54, 1.807) is 12.5 Å². The molecule has 1 aliphatic rings. The van der Waals surface area contributed by atoms with Crippen molar-refractivity contribution in [2.75, 3.05) is 0 Å². The van der Waals surface area contributed by atoms with Crippen LogP contribution < -0.4 is 5.32 Å². The topological polar surface area (TPSA) is 37.8 Å². The Bertz CT molecular complexity index is 451. The Morgan fingerprint density at radius 3 is 3.00 bits per heavy atom. The molecule has 1 aliphatic carbocycles. The molecule has 2 aromatic heterocycles. The number of hydrogen-bond donors (Lipinski definition) is 1. The minimum absolute atomic E-state index is 0.505. The third-order valence-corrected chi connectivity index (χ3v) is 4.04. The number of nitrogens with one attached hydrogen (secondary N) is 1. The molecule has 1 fully saturated rings. The third kappa shape index (κ3) is 2.70. The Morgan fingerprint density at radius 1 is 1.41 bits per heavy atom. The molecule has 2 aromatic rings. The summed E-state index contributed by atoms with van der Waals surface area (Å²) in [6.45, 7) is 0.821. The maximum absolute atomic E-state index is 4.24. The molecular formula is C13H15N3S. The number of rotatable bonds is 5. The van der Waals surface area contributed by atoms with Crippen LogP contribution in [0.4, 0.5) is 0 Å². The molecule has 0 saturated heterocycles. The first-order valence-electron chi connectivity index (χ1n) is 5.95. The molecule has 3 nitrogen and oxygen atoms in total. The third-order valence-electron chi connectivity index (χ3n) is 3.09. The van der Waals surface area contributed by atoms with Crippen LogP contribution in [0.5, 0.6) is 0 Å². The summed E-state index contributed by atoms with van der Waals surface area (Å²) in [7, 11) is 0. The van der Waals surface area contributed by atoms with Gasteiger partial charge in [0.1, 0.15) is 6.33 Å². The summed E-state index contributed by atoms with van der Waals surface area (Å²) in [6, 6.07) is 6.82. The molecule has 0 spiro atoms. The Hall–Kier alpha value is -1.26. The minimum atomic E-state index is 0.505. The van der Waals surface area contributed by atoms with Crippen LogP contribution in [0.2, 0.25) is 0 Å². The molecule has 0 radical (unpaired) electrons. The van der Waals surface area contributed by atoms with Crippen LogP contribution in [0, 0.1) is 5.92 Å². The van der Waals surface area contributed by atoms with E-state index in [9.17, 15) is 0 Å². The van der Waals surface area contributed by atoms with E-state index in [0.717, 1.165) is 18.2 Å². The lowest BCUT2D eigenvalue weighted by Gasteiger charge is -2.16. The van der Waals surface area contributed by atoms with E-state index < -0.39 is 0 Å². The van der Waals surface area contributed by atoms with Crippen molar-refractivity contribution in [2.24, 2.45) is 5.92 Å². The summed E-state index contributed by atoms with van der Waals surface area (Å²) >= 11 is 1.84. The highest BCUT2D eigenvalue weighted by Gasteiger charge is 2.32. The second kappa shape index (κ2) is 4.94. The van der Waals surface area contributed by atoms with E-state index >= 15 is 0 Å². The lowest BCUT2D eigenvalue weighted by molar-refractivity contribution is 0.483. The SMILES string of the molecule is c1csc(C(NCc2ccncn2)C2CC2)c1. The van der Waals surface area contributed by atoms with Crippen molar-refractivity contribution in [3.8, 4) is 0 Å². The van der Waals surface area contributed by atoms with Crippen LogP contribution in [0.3, 0.4) is 0 Å². The summed E-state index contributed by atoms with van der Waals surface area (Å²) in [5, 5.41) is 5.77. The molecule has 0 amide bonds. The van der Waals surface area contributed by atoms with Crippen LogP contribution in [0.1, 0.15) is 29.5 Å². The average Bonchev–Trinajstić information content (AvgIpc) is 3.06. The standard InChI is InChI=1S/C13H15N3S/c1-2-12(17-7-1)13(10-3-4-10)15-8-11-5-6-14-9-16-11/h1-2,5-7,9-10,13,15H,3-4,8H2. The largest absolute Gasteiger partial charge is 0.303 e. The smallest absolute Gasteiger partial charge is 0.115 e. The van der Waals surface area contributed by atoms with Gasteiger partial charge in [-0.15, -0.1) is 11.3 Å². The van der Waals surface area contributed by atoms with Gasteiger partial charge >= 0.3 is 0 Å². The summed E-state index contributed by atoms with van der Waals surface area (Å²) < 4.78 is 0. The van der Waals surface area contributed by atoms with Crippen LogP contribution in [-0.4, -0.2) is 9.97 Å². The highest BCUT2D eigenvalue weighted by Crippen LogP contribution is 2.42. The highest BCUT2D eigenvalue weighted by atomic mass is 32.1. The van der Waals surface area contributed by atoms with E-state index in [1.807, 2.05) is 17.4 Å². The first-order chi connectivity index (χ1) is 8.43. The first-order valence-corrected chi connectivity index (χ1v) is 6.83. The molecule has 1 atom stereocenters. The van der Waals surface area contributed by atoms with Crippen molar-refractivity contribution >= 4 is 11.3 Å². The van der Waals surface area contributed by atoms with Crippen molar-refractivity contribution < 1.29 is 0 Å². The van der Waals surface area contributed by atoms with Crippen molar-refractivity contribution in [3.63, 3.8) is 0 Å². The van der Waals surface area contributed by atoms with Gasteiger partial charge in [0, 0.05) is 23.7 Å². The van der Waals surface area contributed by atoms with Crippen LogP contribution in [-0.2, 0) is 6.54 Å². The minimum Gasteiger partial charge on any atom is -0.303 e. The highest BCUT2D eigenvalue weighted by molar-refractivity contribution is 7.10. The van der Waals surface area contributed by atoms with Gasteiger partial charge in [0.2, 0.25) is 0 Å². The van der Waals surface area contributed by atoms with Gasteiger partial charge in [-0.3, -0.25) is 0 Å². The normalized spacial score (nSPS) is 16.9. The van der Waals surface area contributed by atoms with Gasteiger partial charge in [-0.1, -0.05) is 6.07 Å². The van der Waals surface area contributed by atoms with Gasteiger partial charge in [-0.05, 0) is 36.3 Å². The molecule has 4 heteroatoms. The first kappa shape index (κ1) is 10.9. The Morgan fingerprint density at radius 2 is 2.35 bits per heavy atom. The van der Waals surface area contributed by atoms with Crippen LogP contribution >= 0.6 is 11.3 Å². The van der Waals surface area contributed by atoms with Gasteiger partial charge in [0.25, 0.3) is 0 Å². The van der Waals surface area contributed by atoms with Gasteiger partial charge in [0.05, 0.1) is 5.69 Å². The van der Waals surface area contributed by atoms with Gasteiger partial charge in [-0.25, -0.2) is 9.97 Å². The molecule has 1 unspecified atom stereocenters. The molecule has 0 bridgehead atoms. The molecule has 17 heavy (non-hydrogen) atoms. The fraction of sp³-hybridized carbons (Fsp3) is 0.385. The summed E-state index contributed by atoms with van der Waals surface area (Å²) in [4.78, 5) is 9.62. The zero-order valence-electron chi connectivity index (χ0n) is 9.54. The van der Waals surface area contributed by atoms with Crippen molar-refractivity contribution in [2.45, 2.75) is 25.4 Å². The lowest BCUT2D eigenvalue weighted by atomic mass is 10.1. The van der Waals surface area contributed by atoms with E-state index in [4.69, 9.17) is 0 Å². The van der Waals surface area contributed by atoms with E-state index in [1.165, 1.54) is 17.7 Å². The maximum Gasteiger partial charge on any atom is 0.115 e. The molecule has 88 valence electrons. The summed E-state index contributed by atoms with van der Waals surface area (Å²) in [6.07, 6.45) is 6.09. The van der Waals surface area contributed by atoms with Gasteiger partial charge in [0.15, 0.2) is 0 Å². The van der Waals surface area contributed by atoms with Gasteiger partial charge < -0.3 is 5.32 Å². The fourth-order valence-electron chi connectivity index (χ4n) is 2.03.